The molecule has 6 nitrogen and oxygen atoms in total. The first-order chi connectivity index (χ1) is 11.4. The highest BCUT2D eigenvalue weighted by molar-refractivity contribution is 7.91. The number of carbonyl (C=O) groups is 1. The third-order valence-corrected chi connectivity index (χ3v) is 7.28. The van der Waals surface area contributed by atoms with Gasteiger partial charge in [-0.05, 0) is 44.2 Å². The van der Waals surface area contributed by atoms with Gasteiger partial charge in [-0.15, -0.1) is 11.3 Å². The Morgan fingerprint density at radius 2 is 2.04 bits per heavy atom. The van der Waals surface area contributed by atoms with E-state index in [1.54, 1.807) is 12.1 Å². The number of hydrogen-bond acceptors (Lipinski definition) is 4. The summed E-state index contributed by atoms with van der Waals surface area (Å²) in [6.07, 6.45) is 7.98. The van der Waals surface area contributed by atoms with E-state index in [1.165, 1.54) is 48.2 Å². The van der Waals surface area contributed by atoms with Crippen LogP contribution in [0, 0.1) is 0 Å². The second kappa shape index (κ2) is 8.64. The summed E-state index contributed by atoms with van der Waals surface area (Å²) in [5.74, 6) is 0. The number of carbonyl (C=O) groups excluding carboxylic acids is 1. The van der Waals surface area contributed by atoms with E-state index in [4.69, 9.17) is 0 Å². The number of nitrogens with zero attached hydrogens (tertiary/aromatic N) is 1. The molecule has 0 aliphatic heterocycles. The minimum absolute atomic E-state index is 0.225. The summed E-state index contributed by atoms with van der Waals surface area (Å²) in [4.78, 5) is 12.6. The van der Waals surface area contributed by atoms with Gasteiger partial charge in [0.15, 0.2) is 0 Å². The fourth-order valence-corrected chi connectivity index (χ4v) is 4.93. The van der Waals surface area contributed by atoms with Gasteiger partial charge >= 0.3 is 6.03 Å². The highest BCUT2D eigenvalue weighted by atomic mass is 32.2. The molecule has 2 amide bonds. The number of nitrogens with one attached hydrogen (secondary N) is 2. The zero-order valence-electron chi connectivity index (χ0n) is 14.2. The van der Waals surface area contributed by atoms with Gasteiger partial charge < -0.3 is 10.6 Å². The number of urea groups is 1. The van der Waals surface area contributed by atoms with Crippen LogP contribution in [0.1, 0.15) is 37.0 Å². The van der Waals surface area contributed by atoms with Crippen LogP contribution in [0.3, 0.4) is 0 Å². The lowest BCUT2D eigenvalue weighted by atomic mass is 9.97. The molecule has 1 aliphatic carbocycles. The van der Waals surface area contributed by atoms with Crippen LogP contribution < -0.4 is 10.6 Å². The third kappa shape index (κ3) is 5.32. The molecule has 2 N–H and O–H groups in total. The van der Waals surface area contributed by atoms with Gasteiger partial charge in [0.2, 0.25) is 0 Å². The van der Waals surface area contributed by atoms with Gasteiger partial charge in [0.25, 0.3) is 10.0 Å². The summed E-state index contributed by atoms with van der Waals surface area (Å²) in [7, 11) is -0.400. The molecule has 0 saturated carbocycles. The average molecular weight is 372 g/mol. The molecule has 0 fully saturated rings. The highest BCUT2D eigenvalue weighted by Crippen LogP contribution is 2.23. The SMILES string of the molecule is CN(C)S(=O)(=O)c1ccc(CNC(=O)NCCC2=CCCCC2)s1. The Labute approximate surface area is 148 Å². The fourth-order valence-electron chi connectivity index (χ4n) is 2.47. The van der Waals surface area contributed by atoms with Crippen LogP contribution >= 0.6 is 11.3 Å². The summed E-state index contributed by atoms with van der Waals surface area (Å²) in [5, 5.41) is 5.61. The first-order valence-corrected chi connectivity index (χ1v) is 10.4. The number of amides is 2. The van der Waals surface area contributed by atoms with Crippen molar-refractivity contribution in [1.29, 1.82) is 0 Å². The van der Waals surface area contributed by atoms with Crippen LogP contribution in [-0.4, -0.2) is 39.4 Å². The van der Waals surface area contributed by atoms with Gasteiger partial charge in [0.1, 0.15) is 4.21 Å². The average Bonchev–Trinajstić information content (AvgIpc) is 3.03. The Bertz CT molecular complexity index is 693. The summed E-state index contributed by atoms with van der Waals surface area (Å²) in [6, 6.07) is 3.08. The minimum Gasteiger partial charge on any atom is -0.338 e. The third-order valence-electron chi connectivity index (χ3n) is 3.91. The van der Waals surface area contributed by atoms with E-state index in [0.29, 0.717) is 13.1 Å². The van der Waals surface area contributed by atoms with E-state index in [-0.39, 0.29) is 10.2 Å². The Morgan fingerprint density at radius 1 is 1.25 bits per heavy atom. The Morgan fingerprint density at radius 3 is 2.71 bits per heavy atom. The van der Waals surface area contributed by atoms with Crippen molar-refractivity contribution in [2.45, 2.75) is 42.9 Å². The second-order valence-corrected chi connectivity index (χ2v) is 9.52. The van der Waals surface area contributed by atoms with Crippen LogP contribution in [0.4, 0.5) is 4.79 Å². The zero-order chi connectivity index (χ0) is 17.6. The number of hydrogen-bond donors (Lipinski definition) is 2. The maximum atomic E-state index is 12.0. The predicted octanol–water partition coefficient (Wildman–Crippen LogP) is 2.69. The molecule has 0 radical (unpaired) electrons. The summed E-state index contributed by atoms with van der Waals surface area (Å²) in [5.41, 5.74) is 1.43. The van der Waals surface area contributed by atoms with Crippen LogP contribution in [0.15, 0.2) is 28.0 Å². The van der Waals surface area contributed by atoms with Crippen molar-refractivity contribution < 1.29 is 13.2 Å². The first kappa shape index (κ1) is 19.0. The standard InChI is InChI=1S/C16H25N3O3S2/c1-19(2)24(21,22)15-9-8-14(23-15)12-18-16(20)17-11-10-13-6-4-3-5-7-13/h6,8-9H,3-5,7,10-12H2,1-2H3,(H2,17,18,20). The van der Waals surface area contributed by atoms with E-state index in [0.717, 1.165) is 24.1 Å². The molecular formula is C16H25N3O3S2. The molecule has 8 heteroatoms. The maximum Gasteiger partial charge on any atom is 0.315 e. The smallest absolute Gasteiger partial charge is 0.315 e. The molecule has 1 aliphatic rings. The van der Waals surface area contributed by atoms with Crippen LogP contribution in [0.5, 0.6) is 0 Å². The van der Waals surface area contributed by atoms with Crippen molar-refractivity contribution in [1.82, 2.24) is 14.9 Å². The summed E-state index contributed by atoms with van der Waals surface area (Å²) >= 11 is 1.18. The lowest BCUT2D eigenvalue weighted by Crippen LogP contribution is -2.35. The lowest BCUT2D eigenvalue weighted by Gasteiger charge is -2.13. The van der Waals surface area contributed by atoms with E-state index in [2.05, 4.69) is 16.7 Å². The lowest BCUT2D eigenvalue weighted by molar-refractivity contribution is 0.240. The van der Waals surface area contributed by atoms with Crippen molar-refractivity contribution in [3.8, 4) is 0 Å². The van der Waals surface area contributed by atoms with Crippen LogP contribution in [0.25, 0.3) is 0 Å². The number of sulfonamides is 1. The van der Waals surface area contributed by atoms with Gasteiger partial charge in [-0.2, -0.15) is 0 Å². The molecule has 0 spiro atoms. The topological polar surface area (TPSA) is 78.5 Å². The van der Waals surface area contributed by atoms with Crippen LogP contribution in [0.2, 0.25) is 0 Å². The minimum atomic E-state index is -3.40. The van der Waals surface area contributed by atoms with Gasteiger partial charge in [0.05, 0.1) is 6.54 Å². The van der Waals surface area contributed by atoms with Gasteiger partial charge in [-0.1, -0.05) is 11.6 Å². The molecule has 134 valence electrons. The molecule has 24 heavy (non-hydrogen) atoms. The molecule has 0 unspecified atom stereocenters. The molecule has 0 bridgehead atoms. The predicted molar refractivity (Wildman–Crippen MR) is 96.6 cm³/mol. The van der Waals surface area contributed by atoms with Crippen molar-refractivity contribution in [3.05, 3.63) is 28.7 Å². The van der Waals surface area contributed by atoms with E-state index in [1.807, 2.05) is 0 Å². The molecular weight excluding hydrogens is 346 g/mol. The molecule has 0 saturated heterocycles. The fraction of sp³-hybridized carbons (Fsp3) is 0.562. The molecule has 0 aromatic carbocycles. The number of allylic oxidation sites excluding steroid dienone is 1. The van der Waals surface area contributed by atoms with Crippen molar-refractivity contribution in [3.63, 3.8) is 0 Å². The van der Waals surface area contributed by atoms with Gasteiger partial charge in [0, 0.05) is 25.5 Å². The maximum absolute atomic E-state index is 12.0. The highest BCUT2D eigenvalue weighted by Gasteiger charge is 2.19. The van der Waals surface area contributed by atoms with E-state index in [9.17, 15) is 13.2 Å². The van der Waals surface area contributed by atoms with E-state index >= 15 is 0 Å². The molecule has 2 rings (SSSR count). The van der Waals surface area contributed by atoms with Crippen molar-refractivity contribution >= 4 is 27.4 Å². The molecule has 1 aromatic rings. The number of rotatable bonds is 7. The summed E-state index contributed by atoms with van der Waals surface area (Å²) < 4.78 is 25.5. The first-order valence-electron chi connectivity index (χ1n) is 8.10. The molecule has 1 heterocycles. The van der Waals surface area contributed by atoms with Crippen molar-refractivity contribution in [2.75, 3.05) is 20.6 Å². The van der Waals surface area contributed by atoms with Crippen molar-refractivity contribution in [2.24, 2.45) is 0 Å². The Hall–Kier alpha value is -1.38. The largest absolute Gasteiger partial charge is 0.338 e. The van der Waals surface area contributed by atoms with Crippen LogP contribution in [-0.2, 0) is 16.6 Å². The van der Waals surface area contributed by atoms with Gasteiger partial charge in [-0.3, -0.25) is 0 Å². The van der Waals surface area contributed by atoms with Gasteiger partial charge in [-0.25, -0.2) is 17.5 Å². The quantitative estimate of drug-likeness (QED) is 0.723. The van der Waals surface area contributed by atoms with E-state index < -0.39 is 10.0 Å². The zero-order valence-corrected chi connectivity index (χ0v) is 15.8. The number of thiophene rings is 1. The summed E-state index contributed by atoms with van der Waals surface area (Å²) in [6.45, 7) is 0.949. The molecule has 0 atom stereocenters. The Kier molecular flexibility index (Phi) is 6.82. The monoisotopic (exact) mass is 371 g/mol. The Balaban J connectivity index is 1.74. The molecule has 1 aromatic heterocycles. The second-order valence-electron chi connectivity index (χ2n) is 5.98. The normalized spacial score (nSPS) is 15.2.